The van der Waals surface area contributed by atoms with E-state index in [1.54, 1.807) is 30.3 Å². The Labute approximate surface area is 146 Å². The maximum Gasteiger partial charge on any atom is 0.240 e. The third-order valence-electron chi connectivity index (χ3n) is 5.33. The van der Waals surface area contributed by atoms with E-state index in [1.807, 2.05) is 6.92 Å². The van der Waals surface area contributed by atoms with Crippen LogP contribution in [0, 0.1) is 5.41 Å². The van der Waals surface area contributed by atoms with Gasteiger partial charge in [-0.15, -0.1) is 0 Å². The highest BCUT2D eigenvalue weighted by atomic mass is 32.2. The quantitative estimate of drug-likeness (QED) is 0.634. The average molecular weight is 355 g/mol. The van der Waals surface area contributed by atoms with E-state index in [1.165, 1.54) is 0 Å². The number of benzene rings is 1. The zero-order valence-corrected chi connectivity index (χ0v) is 15.7. The molecular formula is C18H30N2O3S. The van der Waals surface area contributed by atoms with Crippen molar-refractivity contribution in [3.63, 3.8) is 0 Å². The standard InChI is InChI=1S/C18H30N2O3S/c1-4-18(5-2)16(14-17(18)23-6-3)19-12-13-20-24(21,22)15-10-8-7-9-11-15/h7-11,16-17,19-20H,4-6,12-14H2,1-3H3/t16-,17+/m1/s1. The molecule has 1 aliphatic rings. The Morgan fingerprint density at radius 2 is 1.79 bits per heavy atom. The maximum atomic E-state index is 12.2. The summed E-state index contributed by atoms with van der Waals surface area (Å²) in [4.78, 5) is 0.307. The molecule has 136 valence electrons. The first-order valence-electron chi connectivity index (χ1n) is 8.89. The molecule has 0 saturated heterocycles. The van der Waals surface area contributed by atoms with Crippen LogP contribution in [0.1, 0.15) is 40.0 Å². The van der Waals surface area contributed by atoms with Crippen LogP contribution in [0.15, 0.2) is 35.2 Å². The molecule has 5 nitrogen and oxygen atoms in total. The molecule has 0 unspecified atom stereocenters. The molecule has 6 heteroatoms. The summed E-state index contributed by atoms with van der Waals surface area (Å²) >= 11 is 0. The minimum absolute atomic E-state index is 0.175. The Balaban J connectivity index is 1.82. The SMILES string of the molecule is CCO[C@H]1C[C@@H](NCCNS(=O)(=O)c2ccccc2)C1(CC)CC. The summed E-state index contributed by atoms with van der Waals surface area (Å²) in [6, 6.07) is 8.87. The normalized spacial score (nSPS) is 23.0. The summed E-state index contributed by atoms with van der Waals surface area (Å²) < 4.78 is 32.9. The molecule has 1 aromatic rings. The van der Waals surface area contributed by atoms with Crippen molar-refractivity contribution in [2.75, 3.05) is 19.7 Å². The fraction of sp³-hybridized carbons (Fsp3) is 0.667. The van der Waals surface area contributed by atoms with Crippen molar-refractivity contribution in [3.8, 4) is 0 Å². The number of sulfonamides is 1. The molecule has 1 saturated carbocycles. The fourth-order valence-electron chi connectivity index (χ4n) is 3.78. The van der Waals surface area contributed by atoms with Crippen LogP contribution < -0.4 is 10.0 Å². The van der Waals surface area contributed by atoms with Crippen LogP contribution in [-0.4, -0.2) is 40.3 Å². The van der Waals surface area contributed by atoms with Gasteiger partial charge in [0.1, 0.15) is 0 Å². The molecule has 0 aliphatic heterocycles. The van der Waals surface area contributed by atoms with E-state index in [-0.39, 0.29) is 5.41 Å². The van der Waals surface area contributed by atoms with Crippen molar-refractivity contribution >= 4 is 10.0 Å². The molecule has 0 amide bonds. The molecule has 24 heavy (non-hydrogen) atoms. The minimum Gasteiger partial charge on any atom is -0.378 e. The topological polar surface area (TPSA) is 67.4 Å². The summed E-state index contributed by atoms with van der Waals surface area (Å²) in [5.74, 6) is 0. The Bertz CT molecular complexity index is 600. The smallest absolute Gasteiger partial charge is 0.240 e. The van der Waals surface area contributed by atoms with Crippen molar-refractivity contribution in [3.05, 3.63) is 30.3 Å². The van der Waals surface area contributed by atoms with Gasteiger partial charge in [-0.2, -0.15) is 0 Å². The predicted octanol–water partition coefficient (Wildman–Crippen LogP) is 2.54. The molecule has 1 aromatic carbocycles. The van der Waals surface area contributed by atoms with Gasteiger partial charge in [0.2, 0.25) is 10.0 Å². The van der Waals surface area contributed by atoms with Gasteiger partial charge in [-0.25, -0.2) is 13.1 Å². The highest BCUT2D eigenvalue weighted by Gasteiger charge is 2.52. The van der Waals surface area contributed by atoms with Gasteiger partial charge >= 0.3 is 0 Å². The summed E-state index contributed by atoms with van der Waals surface area (Å²) in [6.45, 7) is 8.21. The summed E-state index contributed by atoms with van der Waals surface area (Å²) in [5, 5.41) is 3.52. The fourth-order valence-corrected chi connectivity index (χ4v) is 4.83. The van der Waals surface area contributed by atoms with E-state index in [2.05, 4.69) is 23.9 Å². The monoisotopic (exact) mass is 354 g/mol. The zero-order chi connectivity index (χ0) is 17.6. The van der Waals surface area contributed by atoms with Crippen molar-refractivity contribution in [2.45, 2.75) is 57.1 Å². The van der Waals surface area contributed by atoms with Gasteiger partial charge < -0.3 is 10.1 Å². The Hall–Kier alpha value is -0.950. The predicted molar refractivity (Wildman–Crippen MR) is 96.5 cm³/mol. The molecule has 1 aliphatic carbocycles. The number of ether oxygens (including phenoxy) is 1. The maximum absolute atomic E-state index is 12.2. The van der Waals surface area contributed by atoms with Crippen LogP contribution >= 0.6 is 0 Å². The molecule has 0 aromatic heterocycles. The molecule has 2 atom stereocenters. The Morgan fingerprint density at radius 1 is 1.12 bits per heavy atom. The van der Waals surface area contributed by atoms with E-state index < -0.39 is 10.0 Å². The van der Waals surface area contributed by atoms with Crippen molar-refractivity contribution < 1.29 is 13.2 Å². The summed E-state index contributed by atoms with van der Waals surface area (Å²) in [7, 11) is -3.42. The van der Waals surface area contributed by atoms with Gasteiger partial charge in [0.05, 0.1) is 11.0 Å². The third kappa shape index (κ3) is 3.99. The number of hydrogen-bond acceptors (Lipinski definition) is 4. The van der Waals surface area contributed by atoms with Gasteiger partial charge in [0.25, 0.3) is 0 Å². The van der Waals surface area contributed by atoms with E-state index in [9.17, 15) is 8.42 Å². The van der Waals surface area contributed by atoms with Gasteiger partial charge in [-0.3, -0.25) is 0 Å². The third-order valence-corrected chi connectivity index (χ3v) is 6.81. The first-order chi connectivity index (χ1) is 11.5. The van der Waals surface area contributed by atoms with Gasteiger partial charge in [-0.1, -0.05) is 32.0 Å². The van der Waals surface area contributed by atoms with E-state index in [0.717, 1.165) is 25.9 Å². The van der Waals surface area contributed by atoms with Crippen molar-refractivity contribution in [1.29, 1.82) is 0 Å². The van der Waals surface area contributed by atoms with E-state index >= 15 is 0 Å². The second-order valence-corrected chi connectivity index (χ2v) is 8.10. The largest absolute Gasteiger partial charge is 0.378 e. The van der Waals surface area contributed by atoms with Crippen LogP contribution in [0.25, 0.3) is 0 Å². The average Bonchev–Trinajstić information content (AvgIpc) is 2.58. The second kappa shape index (κ2) is 8.43. The van der Waals surface area contributed by atoms with Gasteiger partial charge in [0, 0.05) is 31.2 Å². The first-order valence-corrected chi connectivity index (χ1v) is 10.4. The lowest BCUT2D eigenvalue weighted by Crippen LogP contribution is -2.64. The van der Waals surface area contributed by atoms with Crippen LogP contribution in [0.4, 0.5) is 0 Å². The molecule has 2 rings (SSSR count). The number of hydrogen-bond donors (Lipinski definition) is 2. The number of rotatable bonds is 10. The zero-order valence-electron chi connectivity index (χ0n) is 14.9. The molecule has 0 radical (unpaired) electrons. The van der Waals surface area contributed by atoms with Gasteiger partial charge in [-0.05, 0) is 38.3 Å². The second-order valence-electron chi connectivity index (χ2n) is 6.34. The van der Waals surface area contributed by atoms with Crippen LogP contribution in [0.3, 0.4) is 0 Å². The highest BCUT2D eigenvalue weighted by Crippen LogP contribution is 2.48. The lowest BCUT2D eigenvalue weighted by molar-refractivity contribution is -0.137. The lowest BCUT2D eigenvalue weighted by Gasteiger charge is -2.55. The first kappa shape index (κ1) is 19.4. The molecule has 2 N–H and O–H groups in total. The summed E-state index contributed by atoms with van der Waals surface area (Å²) in [5.41, 5.74) is 0.175. The van der Waals surface area contributed by atoms with E-state index in [0.29, 0.717) is 30.1 Å². The molecular weight excluding hydrogens is 324 g/mol. The Morgan fingerprint density at radius 3 is 2.38 bits per heavy atom. The molecule has 0 spiro atoms. The molecule has 1 fully saturated rings. The minimum atomic E-state index is -3.42. The number of nitrogens with one attached hydrogen (secondary N) is 2. The highest BCUT2D eigenvalue weighted by molar-refractivity contribution is 7.89. The van der Waals surface area contributed by atoms with Crippen LogP contribution in [0.5, 0.6) is 0 Å². The lowest BCUT2D eigenvalue weighted by atomic mass is 9.58. The van der Waals surface area contributed by atoms with Crippen molar-refractivity contribution in [1.82, 2.24) is 10.0 Å². The van der Waals surface area contributed by atoms with Crippen LogP contribution in [-0.2, 0) is 14.8 Å². The van der Waals surface area contributed by atoms with E-state index in [4.69, 9.17) is 4.74 Å². The van der Waals surface area contributed by atoms with Crippen molar-refractivity contribution in [2.24, 2.45) is 5.41 Å². The Kier molecular flexibility index (Phi) is 6.80. The van der Waals surface area contributed by atoms with Crippen LogP contribution in [0.2, 0.25) is 0 Å². The molecule has 0 heterocycles. The van der Waals surface area contributed by atoms with Gasteiger partial charge in [0.15, 0.2) is 0 Å². The summed E-state index contributed by atoms with van der Waals surface area (Å²) in [6.07, 6.45) is 3.46. The molecule has 0 bridgehead atoms.